The van der Waals surface area contributed by atoms with Gasteiger partial charge in [-0.25, -0.2) is 4.79 Å². The predicted molar refractivity (Wildman–Crippen MR) is 72.2 cm³/mol. The predicted octanol–water partition coefficient (Wildman–Crippen LogP) is 2.86. The molecule has 1 atom stereocenters. The third-order valence-corrected chi connectivity index (χ3v) is 3.99. The maximum absolute atomic E-state index is 12.1. The van der Waals surface area contributed by atoms with Crippen LogP contribution in [0, 0.1) is 0 Å². The van der Waals surface area contributed by atoms with E-state index in [1.54, 1.807) is 12.1 Å². The summed E-state index contributed by atoms with van der Waals surface area (Å²) in [4.78, 5) is 24.0. The fourth-order valence-corrected chi connectivity index (χ4v) is 2.93. The highest BCUT2D eigenvalue weighted by Gasteiger charge is 2.48. The molecule has 1 aliphatic carbocycles. The van der Waals surface area contributed by atoms with E-state index in [-0.39, 0.29) is 12.2 Å². The topological polar surface area (TPSA) is 52.6 Å². The molecule has 106 valence electrons. The lowest BCUT2D eigenvalue weighted by molar-refractivity contribution is -0.191. The molecule has 0 aromatic heterocycles. The van der Waals surface area contributed by atoms with Gasteiger partial charge in [-0.05, 0) is 12.8 Å². The Morgan fingerprint density at radius 3 is 2.55 bits per heavy atom. The smallest absolute Gasteiger partial charge is 0.338 e. The van der Waals surface area contributed by atoms with Crippen LogP contribution in [0.3, 0.4) is 0 Å². The molecular formula is C16H18O4. The average Bonchev–Trinajstić information content (AvgIpc) is 2.76. The molecular weight excluding hydrogens is 256 g/mol. The van der Waals surface area contributed by atoms with Crippen molar-refractivity contribution in [2.24, 2.45) is 0 Å². The van der Waals surface area contributed by atoms with Gasteiger partial charge in [-0.1, -0.05) is 36.8 Å². The third-order valence-electron chi connectivity index (χ3n) is 3.99. The summed E-state index contributed by atoms with van der Waals surface area (Å²) >= 11 is 0. The first-order valence-electron chi connectivity index (χ1n) is 7.17. The van der Waals surface area contributed by atoms with Crippen LogP contribution in [0.5, 0.6) is 0 Å². The number of hydrogen-bond donors (Lipinski definition) is 0. The van der Waals surface area contributed by atoms with E-state index in [1.165, 1.54) is 0 Å². The maximum Gasteiger partial charge on any atom is 0.338 e. The highest BCUT2D eigenvalue weighted by molar-refractivity contribution is 5.98. The molecule has 0 N–H and O–H groups in total. The normalized spacial score (nSPS) is 24.6. The minimum absolute atomic E-state index is 0.0601. The Hall–Kier alpha value is -1.68. The minimum Gasteiger partial charge on any atom is -0.431 e. The molecule has 1 heterocycles. The quantitative estimate of drug-likeness (QED) is 0.628. The second-order valence-electron chi connectivity index (χ2n) is 5.49. The van der Waals surface area contributed by atoms with Crippen LogP contribution in [0.4, 0.5) is 0 Å². The van der Waals surface area contributed by atoms with Gasteiger partial charge in [0.25, 0.3) is 0 Å². The maximum atomic E-state index is 12.1. The molecule has 20 heavy (non-hydrogen) atoms. The van der Waals surface area contributed by atoms with Gasteiger partial charge in [-0.2, -0.15) is 0 Å². The van der Waals surface area contributed by atoms with Crippen molar-refractivity contribution in [1.29, 1.82) is 0 Å². The Morgan fingerprint density at radius 1 is 1.15 bits per heavy atom. The highest BCUT2D eigenvalue weighted by Crippen LogP contribution is 2.39. The minimum atomic E-state index is -0.753. The molecule has 0 amide bonds. The lowest BCUT2D eigenvalue weighted by Gasteiger charge is -2.30. The fraction of sp³-hybridized carbons (Fsp3) is 0.500. The summed E-state index contributed by atoms with van der Waals surface area (Å²) in [6.07, 6.45) is 3.96. The zero-order chi connectivity index (χ0) is 14.0. The van der Waals surface area contributed by atoms with E-state index >= 15 is 0 Å². The van der Waals surface area contributed by atoms with Gasteiger partial charge in [0.15, 0.2) is 11.9 Å². The number of carbonyl (C=O) groups is 2. The molecule has 1 spiro atoms. The second kappa shape index (κ2) is 5.37. The first-order valence-corrected chi connectivity index (χ1v) is 7.17. The van der Waals surface area contributed by atoms with E-state index in [2.05, 4.69) is 0 Å². The number of ether oxygens (including phenoxy) is 2. The van der Waals surface area contributed by atoms with E-state index < -0.39 is 17.9 Å². The van der Waals surface area contributed by atoms with E-state index in [4.69, 9.17) is 9.47 Å². The van der Waals surface area contributed by atoms with Crippen LogP contribution in [0.1, 0.15) is 48.9 Å². The molecule has 1 aliphatic heterocycles. The Kier molecular flexibility index (Phi) is 3.57. The summed E-state index contributed by atoms with van der Waals surface area (Å²) in [5.41, 5.74) is 0.605. The number of carbonyl (C=O) groups excluding carboxylic acids is 2. The molecule has 0 bridgehead atoms. The van der Waals surface area contributed by atoms with Gasteiger partial charge < -0.3 is 9.47 Å². The highest BCUT2D eigenvalue weighted by atomic mass is 16.8. The van der Waals surface area contributed by atoms with Crippen LogP contribution in [0.2, 0.25) is 0 Å². The molecule has 2 aliphatic rings. The molecule has 3 rings (SSSR count). The monoisotopic (exact) mass is 274 g/mol. The molecule has 1 aromatic rings. The van der Waals surface area contributed by atoms with Crippen LogP contribution in [-0.4, -0.2) is 23.6 Å². The lowest BCUT2D eigenvalue weighted by Crippen LogP contribution is -2.33. The molecule has 1 saturated carbocycles. The fourth-order valence-electron chi connectivity index (χ4n) is 2.93. The van der Waals surface area contributed by atoms with Gasteiger partial charge >= 0.3 is 5.97 Å². The van der Waals surface area contributed by atoms with E-state index in [1.807, 2.05) is 18.2 Å². The van der Waals surface area contributed by atoms with Gasteiger partial charge in [0.1, 0.15) is 0 Å². The molecule has 1 unspecified atom stereocenters. The number of esters is 1. The van der Waals surface area contributed by atoms with Crippen molar-refractivity contribution in [1.82, 2.24) is 0 Å². The number of Topliss-reactive ketones (excluding diaryl/α,β-unsaturated/α-hetero) is 1. The Bertz CT molecular complexity index is 502. The van der Waals surface area contributed by atoms with Crippen molar-refractivity contribution in [3.8, 4) is 0 Å². The van der Waals surface area contributed by atoms with Gasteiger partial charge in [0.2, 0.25) is 5.79 Å². The average molecular weight is 274 g/mol. The molecule has 1 aromatic carbocycles. The second-order valence-corrected chi connectivity index (χ2v) is 5.49. The van der Waals surface area contributed by atoms with Crippen LogP contribution in [0.15, 0.2) is 30.3 Å². The molecule has 1 saturated heterocycles. The summed E-state index contributed by atoms with van der Waals surface area (Å²) < 4.78 is 11.2. The number of rotatable bonds is 3. The standard InChI is InChI=1S/C16H18O4/c17-13(12-7-3-1-4-8-12)11-14-15(18)20-16(19-14)9-5-2-6-10-16/h1,3-4,7-8,14H,2,5-6,9-11H2. The SMILES string of the molecule is O=C(CC1OC2(CCCCC2)OC1=O)c1ccccc1. The zero-order valence-corrected chi connectivity index (χ0v) is 11.3. The van der Waals surface area contributed by atoms with Crippen molar-refractivity contribution >= 4 is 11.8 Å². The van der Waals surface area contributed by atoms with E-state index in [0.29, 0.717) is 5.56 Å². The third kappa shape index (κ3) is 2.61. The van der Waals surface area contributed by atoms with Crippen molar-refractivity contribution in [3.05, 3.63) is 35.9 Å². The summed E-state index contributed by atoms with van der Waals surface area (Å²) in [6, 6.07) is 8.97. The molecule has 2 fully saturated rings. The Labute approximate surface area is 118 Å². The van der Waals surface area contributed by atoms with Crippen LogP contribution in [-0.2, 0) is 14.3 Å². The van der Waals surface area contributed by atoms with Crippen molar-refractivity contribution in [2.45, 2.75) is 50.4 Å². The van der Waals surface area contributed by atoms with Crippen LogP contribution < -0.4 is 0 Å². The van der Waals surface area contributed by atoms with Crippen LogP contribution in [0.25, 0.3) is 0 Å². The molecule has 0 radical (unpaired) electrons. The summed E-state index contributed by atoms with van der Waals surface area (Å²) in [5.74, 6) is -1.23. The van der Waals surface area contributed by atoms with Gasteiger partial charge in [0.05, 0.1) is 0 Å². The lowest BCUT2D eigenvalue weighted by atomic mass is 9.94. The van der Waals surface area contributed by atoms with Gasteiger partial charge in [0, 0.05) is 24.8 Å². The Morgan fingerprint density at radius 2 is 1.85 bits per heavy atom. The first kappa shape index (κ1) is 13.3. The van der Waals surface area contributed by atoms with E-state index in [9.17, 15) is 9.59 Å². The molecule has 4 nitrogen and oxygen atoms in total. The molecule has 4 heteroatoms. The van der Waals surface area contributed by atoms with Crippen molar-refractivity contribution in [3.63, 3.8) is 0 Å². The first-order chi connectivity index (χ1) is 9.69. The summed E-state index contributed by atoms with van der Waals surface area (Å²) in [5, 5.41) is 0. The van der Waals surface area contributed by atoms with Crippen LogP contribution >= 0.6 is 0 Å². The number of ketones is 1. The van der Waals surface area contributed by atoms with Crippen molar-refractivity contribution < 1.29 is 19.1 Å². The summed E-state index contributed by atoms with van der Waals surface area (Å²) in [7, 11) is 0. The van der Waals surface area contributed by atoms with Gasteiger partial charge in [-0.3, -0.25) is 4.79 Å². The number of benzene rings is 1. The van der Waals surface area contributed by atoms with Gasteiger partial charge in [-0.15, -0.1) is 0 Å². The summed E-state index contributed by atoms with van der Waals surface area (Å²) in [6.45, 7) is 0. The Balaban J connectivity index is 1.66. The number of hydrogen-bond acceptors (Lipinski definition) is 4. The van der Waals surface area contributed by atoms with Crippen molar-refractivity contribution in [2.75, 3.05) is 0 Å². The largest absolute Gasteiger partial charge is 0.431 e. The zero-order valence-electron chi connectivity index (χ0n) is 11.3. The van der Waals surface area contributed by atoms with E-state index in [0.717, 1.165) is 32.1 Å².